The molecule has 0 saturated heterocycles. The van der Waals surface area contributed by atoms with E-state index in [0.717, 1.165) is 5.56 Å². The third-order valence-corrected chi connectivity index (χ3v) is 3.22. The number of likely N-dealkylation sites (N-methyl/N-ethyl adjacent to an activating group) is 1. The summed E-state index contributed by atoms with van der Waals surface area (Å²) in [7, 11) is 1.68. The minimum Gasteiger partial charge on any atom is -0.444 e. The third kappa shape index (κ3) is 4.97. The van der Waals surface area contributed by atoms with Crippen molar-refractivity contribution < 1.29 is 9.53 Å². The lowest BCUT2D eigenvalue weighted by molar-refractivity contribution is 0.0289. The molecule has 2 rings (SSSR count). The molecule has 0 aliphatic heterocycles. The monoisotopic (exact) mass is 329 g/mol. The number of rotatable bonds is 4. The fourth-order valence-corrected chi connectivity index (χ4v) is 2.04. The molecule has 1 heterocycles. The molecule has 2 aromatic rings. The van der Waals surface area contributed by atoms with E-state index in [0.29, 0.717) is 18.2 Å². The fourth-order valence-electron chi connectivity index (χ4n) is 2.04. The standard InChI is InChI=1S/C17H23N5O2/c1-12(11-22(5)16(23)24-17(2,3)4)14-18-20-15(21-19-14)13-9-7-6-8-10-13/h6-10,12H,11H2,1-5H3. The van der Waals surface area contributed by atoms with Crippen LogP contribution in [0.15, 0.2) is 30.3 Å². The first-order chi connectivity index (χ1) is 11.3. The number of nitrogens with zero attached hydrogens (tertiary/aromatic N) is 5. The summed E-state index contributed by atoms with van der Waals surface area (Å²) in [5.74, 6) is 0.865. The molecule has 0 spiro atoms. The number of carbonyl (C=O) groups excluding carboxylic acids is 1. The molecule has 1 aromatic heterocycles. The maximum atomic E-state index is 12.0. The number of aromatic nitrogens is 4. The molecule has 128 valence electrons. The summed E-state index contributed by atoms with van der Waals surface area (Å²) in [5.41, 5.74) is 0.341. The van der Waals surface area contributed by atoms with Gasteiger partial charge in [0.05, 0.1) is 0 Å². The van der Waals surface area contributed by atoms with Crippen LogP contribution in [0.4, 0.5) is 4.79 Å². The number of hydrogen-bond acceptors (Lipinski definition) is 6. The number of hydrogen-bond donors (Lipinski definition) is 0. The molecule has 7 nitrogen and oxygen atoms in total. The van der Waals surface area contributed by atoms with E-state index >= 15 is 0 Å². The van der Waals surface area contributed by atoms with E-state index in [1.807, 2.05) is 58.0 Å². The Morgan fingerprint density at radius 2 is 1.71 bits per heavy atom. The number of carbonyl (C=O) groups is 1. The van der Waals surface area contributed by atoms with Crippen LogP contribution in [0, 0.1) is 0 Å². The van der Waals surface area contributed by atoms with Crippen molar-refractivity contribution in [2.75, 3.05) is 13.6 Å². The zero-order chi connectivity index (χ0) is 17.7. The van der Waals surface area contributed by atoms with Gasteiger partial charge in [0, 0.05) is 25.1 Å². The van der Waals surface area contributed by atoms with Crippen LogP contribution < -0.4 is 0 Å². The zero-order valence-corrected chi connectivity index (χ0v) is 14.7. The van der Waals surface area contributed by atoms with Crippen molar-refractivity contribution in [1.82, 2.24) is 25.3 Å². The SMILES string of the molecule is CC(CN(C)C(=O)OC(C)(C)C)c1nnc(-c2ccccc2)nn1. The summed E-state index contributed by atoms with van der Waals surface area (Å²) in [6, 6.07) is 9.54. The van der Waals surface area contributed by atoms with Crippen LogP contribution in [0.2, 0.25) is 0 Å². The van der Waals surface area contributed by atoms with E-state index in [1.165, 1.54) is 4.90 Å². The highest BCUT2D eigenvalue weighted by atomic mass is 16.6. The topological polar surface area (TPSA) is 81.1 Å². The molecule has 0 aliphatic rings. The van der Waals surface area contributed by atoms with Crippen LogP contribution in [-0.2, 0) is 4.74 Å². The number of benzene rings is 1. The molecule has 7 heteroatoms. The lowest BCUT2D eigenvalue weighted by Crippen LogP contribution is -2.36. The minimum atomic E-state index is -0.522. The molecule has 24 heavy (non-hydrogen) atoms. The zero-order valence-electron chi connectivity index (χ0n) is 14.7. The predicted octanol–water partition coefficient (Wildman–Crippen LogP) is 2.90. The van der Waals surface area contributed by atoms with Crippen molar-refractivity contribution in [3.63, 3.8) is 0 Å². The van der Waals surface area contributed by atoms with E-state index in [2.05, 4.69) is 20.4 Å². The van der Waals surface area contributed by atoms with Crippen molar-refractivity contribution in [1.29, 1.82) is 0 Å². The van der Waals surface area contributed by atoms with Crippen LogP contribution in [-0.4, -0.2) is 50.6 Å². The molecule has 0 aliphatic carbocycles. The smallest absolute Gasteiger partial charge is 0.410 e. The third-order valence-electron chi connectivity index (χ3n) is 3.22. The van der Waals surface area contributed by atoms with Crippen LogP contribution in [0.25, 0.3) is 11.4 Å². The van der Waals surface area contributed by atoms with E-state index in [9.17, 15) is 4.79 Å². The van der Waals surface area contributed by atoms with Crippen LogP contribution in [0.1, 0.15) is 39.4 Å². The van der Waals surface area contributed by atoms with Gasteiger partial charge in [-0.1, -0.05) is 37.3 Å². The van der Waals surface area contributed by atoms with Crippen molar-refractivity contribution in [2.24, 2.45) is 0 Å². The van der Waals surface area contributed by atoms with E-state index in [1.54, 1.807) is 7.05 Å². The van der Waals surface area contributed by atoms with Crippen molar-refractivity contribution in [3.05, 3.63) is 36.2 Å². The maximum Gasteiger partial charge on any atom is 0.410 e. The molecular formula is C17H23N5O2. The Balaban J connectivity index is 2.00. The lowest BCUT2D eigenvalue weighted by atomic mass is 10.1. The second-order valence-corrected chi connectivity index (χ2v) is 6.71. The normalized spacial score (nSPS) is 12.5. The molecule has 0 fully saturated rings. The second kappa shape index (κ2) is 7.33. The molecular weight excluding hydrogens is 306 g/mol. The minimum absolute atomic E-state index is 0.104. The summed E-state index contributed by atoms with van der Waals surface area (Å²) in [5, 5.41) is 16.5. The first kappa shape index (κ1) is 17.8. The van der Waals surface area contributed by atoms with E-state index < -0.39 is 5.60 Å². The van der Waals surface area contributed by atoms with Gasteiger partial charge in [-0.15, -0.1) is 20.4 Å². The molecule has 1 amide bonds. The molecule has 0 bridgehead atoms. The summed E-state index contributed by atoms with van der Waals surface area (Å²) in [4.78, 5) is 13.5. The highest BCUT2D eigenvalue weighted by Crippen LogP contribution is 2.15. The Morgan fingerprint density at radius 3 is 2.25 bits per heavy atom. The molecule has 1 atom stereocenters. The quantitative estimate of drug-likeness (QED) is 0.858. The molecule has 1 unspecified atom stereocenters. The van der Waals surface area contributed by atoms with Gasteiger partial charge < -0.3 is 9.64 Å². The summed E-state index contributed by atoms with van der Waals surface area (Å²) in [6.07, 6.45) is -0.379. The molecule has 0 saturated carbocycles. The first-order valence-corrected chi connectivity index (χ1v) is 7.83. The molecule has 0 N–H and O–H groups in total. The number of ether oxygens (including phenoxy) is 1. The van der Waals surface area contributed by atoms with Crippen molar-refractivity contribution in [2.45, 2.75) is 39.2 Å². The van der Waals surface area contributed by atoms with Gasteiger partial charge in [-0.3, -0.25) is 0 Å². The van der Waals surface area contributed by atoms with E-state index in [-0.39, 0.29) is 12.0 Å². The van der Waals surface area contributed by atoms with Gasteiger partial charge in [-0.05, 0) is 20.8 Å². The van der Waals surface area contributed by atoms with Crippen LogP contribution in [0.3, 0.4) is 0 Å². The van der Waals surface area contributed by atoms with Gasteiger partial charge >= 0.3 is 6.09 Å². The Morgan fingerprint density at radius 1 is 1.12 bits per heavy atom. The maximum absolute atomic E-state index is 12.0. The Labute approximate surface area is 142 Å². The van der Waals surface area contributed by atoms with Gasteiger partial charge in [0.25, 0.3) is 0 Å². The largest absolute Gasteiger partial charge is 0.444 e. The lowest BCUT2D eigenvalue weighted by Gasteiger charge is -2.25. The summed E-state index contributed by atoms with van der Waals surface area (Å²) < 4.78 is 5.33. The van der Waals surface area contributed by atoms with Gasteiger partial charge in [-0.2, -0.15) is 0 Å². The molecule has 0 radical (unpaired) electrons. The van der Waals surface area contributed by atoms with Crippen molar-refractivity contribution in [3.8, 4) is 11.4 Å². The fraction of sp³-hybridized carbons (Fsp3) is 0.471. The predicted molar refractivity (Wildman–Crippen MR) is 90.3 cm³/mol. The first-order valence-electron chi connectivity index (χ1n) is 7.83. The van der Waals surface area contributed by atoms with Crippen molar-refractivity contribution >= 4 is 6.09 Å². The van der Waals surface area contributed by atoms with Gasteiger partial charge in [0.15, 0.2) is 5.82 Å². The highest BCUT2D eigenvalue weighted by molar-refractivity contribution is 5.67. The Hall–Kier alpha value is -2.57. The van der Waals surface area contributed by atoms with Crippen LogP contribution >= 0.6 is 0 Å². The Kier molecular flexibility index (Phi) is 5.43. The molecule has 1 aromatic carbocycles. The van der Waals surface area contributed by atoms with E-state index in [4.69, 9.17) is 4.74 Å². The second-order valence-electron chi connectivity index (χ2n) is 6.71. The van der Waals surface area contributed by atoms with Gasteiger partial charge in [0.1, 0.15) is 5.60 Å². The average molecular weight is 329 g/mol. The number of amides is 1. The Bertz CT molecular complexity index is 668. The summed E-state index contributed by atoms with van der Waals surface area (Å²) >= 11 is 0. The van der Waals surface area contributed by atoms with Gasteiger partial charge in [-0.25, -0.2) is 4.79 Å². The summed E-state index contributed by atoms with van der Waals surface area (Å²) in [6.45, 7) is 7.84. The highest BCUT2D eigenvalue weighted by Gasteiger charge is 2.22. The van der Waals surface area contributed by atoms with Crippen LogP contribution in [0.5, 0.6) is 0 Å². The van der Waals surface area contributed by atoms with Gasteiger partial charge in [0.2, 0.25) is 5.82 Å². The average Bonchev–Trinajstić information content (AvgIpc) is 2.54.